The molecule has 0 spiro atoms. The summed E-state index contributed by atoms with van der Waals surface area (Å²) >= 11 is 1.76. The Balaban J connectivity index is 2.34. The lowest BCUT2D eigenvalue weighted by molar-refractivity contribution is 0.373. The molecule has 0 amide bonds. The van der Waals surface area contributed by atoms with Crippen LogP contribution in [0.3, 0.4) is 0 Å². The fourth-order valence-electron chi connectivity index (χ4n) is 2.02. The van der Waals surface area contributed by atoms with Gasteiger partial charge in [0.2, 0.25) is 5.88 Å². The summed E-state index contributed by atoms with van der Waals surface area (Å²) in [6, 6.07) is 4.33. The summed E-state index contributed by atoms with van der Waals surface area (Å²) in [5, 5.41) is 10.2. The second kappa shape index (κ2) is 5.54. The van der Waals surface area contributed by atoms with Gasteiger partial charge in [-0.05, 0) is 30.5 Å². The van der Waals surface area contributed by atoms with Crippen molar-refractivity contribution in [1.82, 2.24) is 15.1 Å². The number of thiophene rings is 1. The first-order valence-corrected chi connectivity index (χ1v) is 6.90. The zero-order chi connectivity index (χ0) is 13.1. The maximum atomic E-state index is 5.27. The number of aromatic nitrogens is 2. The first-order valence-electron chi connectivity index (χ1n) is 6.02. The fourth-order valence-corrected chi connectivity index (χ4v) is 2.75. The van der Waals surface area contributed by atoms with Crippen molar-refractivity contribution in [1.29, 1.82) is 0 Å². The van der Waals surface area contributed by atoms with E-state index in [9.17, 15) is 0 Å². The number of ether oxygens (including phenoxy) is 1. The smallest absolute Gasteiger partial charge is 0.211 e. The summed E-state index contributed by atoms with van der Waals surface area (Å²) in [6.45, 7) is 5.13. The summed E-state index contributed by atoms with van der Waals surface area (Å²) in [5.41, 5.74) is 2.26. The van der Waals surface area contributed by atoms with Gasteiger partial charge in [0.05, 0.1) is 18.8 Å². The Morgan fingerprint density at radius 2 is 2.28 bits per heavy atom. The molecule has 0 aliphatic rings. The molecule has 98 valence electrons. The summed E-state index contributed by atoms with van der Waals surface area (Å²) in [5.74, 6) is 0.778. The lowest BCUT2D eigenvalue weighted by Gasteiger charge is -2.13. The molecule has 0 bridgehead atoms. The van der Waals surface area contributed by atoms with Crippen molar-refractivity contribution in [2.24, 2.45) is 7.05 Å². The minimum absolute atomic E-state index is 0.134. The predicted octanol–water partition coefficient (Wildman–Crippen LogP) is 2.50. The van der Waals surface area contributed by atoms with Gasteiger partial charge >= 0.3 is 0 Å². The third kappa shape index (κ3) is 2.57. The SMILES string of the molecule is CCNC(c1csc(C)c1)c1cc(OC)n(C)n1. The van der Waals surface area contributed by atoms with Crippen LogP contribution in [0.5, 0.6) is 5.88 Å². The highest BCUT2D eigenvalue weighted by Gasteiger charge is 2.18. The van der Waals surface area contributed by atoms with E-state index in [1.807, 2.05) is 13.1 Å². The standard InChI is InChI=1S/C13H19N3OS/c1-5-14-13(10-6-9(2)18-8-10)11-7-12(17-4)16(3)15-11/h6-8,13-14H,5H2,1-4H3. The molecule has 0 aliphatic carbocycles. The number of methoxy groups -OCH3 is 1. The second-order valence-electron chi connectivity index (χ2n) is 4.22. The van der Waals surface area contributed by atoms with Crippen molar-refractivity contribution in [2.45, 2.75) is 19.9 Å². The molecular formula is C13H19N3OS. The molecule has 0 saturated heterocycles. The number of rotatable bonds is 5. The third-order valence-electron chi connectivity index (χ3n) is 2.85. The highest BCUT2D eigenvalue weighted by atomic mass is 32.1. The average Bonchev–Trinajstić information content (AvgIpc) is 2.92. The van der Waals surface area contributed by atoms with Crippen LogP contribution in [-0.2, 0) is 7.05 Å². The monoisotopic (exact) mass is 265 g/mol. The minimum Gasteiger partial charge on any atom is -0.481 e. The zero-order valence-electron chi connectivity index (χ0n) is 11.2. The van der Waals surface area contributed by atoms with E-state index in [2.05, 4.69) is 35.7 Å². The number of hydrogen-bond acceptors (Lipinski definition) is 4. The van der Waals surface area contributed by atoms with Gasteiger partial charge in [-0.25, -0.2) is 4.68 Å². The van der Waals surface area contributed by atoms with Gasteiger partial charge in [0.1, 0.15) is 0 Å². The Morgan fingerprint density at radius 1 is 1.50 bits per heavy atom. The molecule has 2 aromatic heterocycles. The minimum atomic E-state index is 0.134. The lowest BCUT2D eigenvalue weighted by Crippen LogP contribution is -2.22. The van der Waals surface area contributed by atoms with Crippen LogP contribution in [0.1, 0.15) is 29.1 Å². The average molecular weight is 265 g/mol. The molecule has 0 fully saturated rings. The van der Waals surface area contributed by atoms with E-state index in [1.165, 1.54) is 10.4 Å². The van der Waals surface area contributed by atoms with Crippen molar-refractivity contribution in [2.75, 3.05) is 13.7 Å². The first-order chi connectivity index (χ1) is 8.65. The van der Waals surface area contributed by atoms with Gasteiger partial charge in [-0.3, -0.25) is 0 Å². The lowest BCUT2D eigenvalue weighted by atomic mass is 10.1. The van der Waals surface area contributed by atoms with Crippen LogP contribution >= 0.6 is 11.3 Å². The zero-order valence-corrected chi connectivity index (χ0v) is 12.0. The Morgan fingerprint density at radius 3 is 2.78 bits per heavy atom. The van der Waals surface area contributed by atoms with E-state index in [-0.39, 0.29) is 6.04 Å². The molecule has 1 N–H and O–H groups in total. The Kier molecular flexibility index (Phi) is 4.04. The van der Waals surface area contributed by atoms with E-state index in [1.54, 1.807) is 23.1 Å². The molecule has 0 aromatic carbocycles. The topological polar surface area (TPSA) is 39.1 Å². The second-order valence-corrected chi connectivity index (χ2v) is 5.33. The fraction of sp³-hybridized carbons (Fsp3) is 0.462. The molecule has 2 aromatic rings. The third-order valence-corrected chi connectivity index (χ3v) is 3.73. The van der Waals surface area contributed by atoms with Crippen LogP contribution < -0.4 is 10.1 Å². The van der Waals surface area contributed by atoms with Crippen molar-refractivity contribution < 1.29 is 4.74 Å². The summed E-state index contributed by atoms with van der Waals surface area (Å²) in [6.07, 6.45) is 0. The molecular weight excluding hydrogens is 246 g/mol. The van der Waals surface area contributed by atoms with Crippen LogP contribution in [0.2, 0.25) is 0 Å². The Labute approximate surface area is 112 Å². The first kappa shape index (κ1) is 13.1. The predicted molar refractivity (Wildman–Crippen MR) is 74.3 cm³/mol. The van der Waals surface area contributed by atoms with Crippen molar-refractivity contribution in [3.8, 4) is 5.88 Å². The largest absolute Gasteiger partial charge is 0.481 e. The molecule has 4 nitrogen and oxygen atoms in total. The van der Waals surface area contributed by atoms with Gasteiger partial charge in [-0.2, -0.15) is 5.10 Å². The molecule has 18 heavy (non-hydrogen) atoms. The maximum absolute atomic E-state index is 5.27. The summed E-state index contributed by atoms with van der Waals surface area (Å²) in [7, 11) is 3.56. The van der Waals surface area contributed by atoms with E-state index in [0.29, 0.717) is 0 Å². The molecule has 0 saturated carbocycles. The van der Waals surface area contributed by atoms with E-state index < -0.39 is 0 Å². The quantitative estimate of drug-likeness (QED) is 0.903. The van der Waals surface area contributed by atoms with Crippen LogP contribution in [-0.4, -0.2) is 23.4 Å². The maximum Gasteiger partial charge on any atom is 0.211 e. The Bertz CT molecular complexity index is 518. The van der Waals surface area contributed by atoms with Crippen molar-refractivity contribution in [3.05, 3.63) is 33.6 Å². The van der Waals surface area contributed by atoms with E-state index >= 15 is 0 Å². The van der Waals surface area contributed by atoms with Crippen LogP contribution in [0, 0.1) is 6.92 Å². The molecule has 1 atom stereocenters. The number of nitrogens with one attached hydrogen (secondary N) is 1. The van der Waals surface area contributed by atoms with E-state index in [4.69, 9.17) is 4.74 Å². The molecule has 0 aliphatic heterocycles. The highest BCUT2D eigenvalue weighted by molar-refractivity contribution is 7.10. The van der Waals surface area contributed by atoms with Gasteiger partial charge < -0.3 is 10.1 Å². The van der Waals surface area contributed by atoms with Gasteiger partial charge in [0.25, 0.3) is 0 Å². The number of hydrogen-bond donors (Lipinski definition) is 1. The van der Waals surface area contributed by atoms with Gasteiger partial charge in [0.15, 0.2) is 0 Å². The number of nitrogens with zero attached hydrogens (tertiary/aromatic N) is 2. The van der Waals surface area contributed by atoms with Crippen molar-refractivity contribution in [3.63, 3.8) is 0 Å². The molecule has 2 heterocycles. The van der Waals surface area contributed by atoms with E-state index in [0.717, 1.165) is 18.1 Å². The van der Waals surface area contributed by atoms with Crippen LogP contribution in [0.15, 0.2) is 17.5 Å². The van der Waals surface area contributed by atoms with Gasteiger partial charge in [0, 0.05) is 18.0 Å². The van der Waals surface area contributed by atoms with Gasteiger partial charge in [-0.15, -0.1) is 11.3 Å². The summed E-state index contributed by atoms with van der Waals surface area (Å²) < 4.78 is 7.03. The highest BCUT2D eigenvalue weighted by Crippen LogP contribution is 2.27. The normalized spacial score (nSPS) is 12.7. The molecule has 2 rings (SSSR count). The summed E-state index contributed by atoms with van der Waals surface area (Å²) in [4.78, 5) is 1.32. The van der Waals surface area contributed by atoms with Crippen LogP contribution in [0.25, 0.3) is 0 Å². The van der Waals surface area contributed by atoms with Gasteiger partial charge in [-0.1, -0.05) is 6.92 Å². The molecule has 5 heteroatoms. The molecule has 1 unspecified atom stereocenters. The molecule has 0 radical (unpaired) electrons. The Hall–Kier alpha value is -1.33. The van der Waals surface area contributed by atoms with Crippen LogP contribution in [0.4, 0.5) is 0 Å². The van der Waals surface area contributed by atoms with Crippen molar-refractivity contribution >= 4 is 11.3 Å². The number of aryl methyl sites for hydroxylation is 2.